The van der Waals surface area contributed by atoms with Crippen LogP contribution in [0.25, 0.3) is 16.9 Å². The molecule has 1 N–H and O–H groups in total. The van der Waals surface area contributed by atoms with Crippen molar-refractivity contribution >= 4 is 34.4 Å². The van der Waals surface area contributed by atoms with Crippen LogP contribution in [0.5, 0.6) is 0 Å². The van der Waals surface area contributed by atoms with Crippen LogP contribution >= 0.6 is 11.3 Å². The maximum Gasteiger partial charge on any atom is 0.257 e. The van der Waals surface area contributed by atoms with E-state index < -0.39 is 0 Å². The molecule has 1 amide bonds. The second-order valence-corrected chi connectivity index (χ2v) is 8.11. The summed E-state index contributed by atoms with van der Waals surface area (Å²) < 4.78 is 1.68. The van der Waals surface area contributed by atoms with Gasteiger partial charge in [0.1, 0.15) is 0 Å². The number of nitrogens with zero attached hydrogens (tertiary/aromatic N) is 4. The number of carbonyl (C=O) groups excluding carboxylic acids is 2. The van der Waals surface area contributed by atoms with Crippen molar-refractivity contribution in [1.82, 2.24) is 19.6 Å². The number of ketones is 1. The van der Waals surface area contributed by atoms with Crippen LogP contribution in [0.1, 0.15) is 31.2 Å². The number of carbonyl (C=O) groups is 2. The fourth-order valence-electron chi connectivity index (χ4n) is 3.51. The van der Waals surface area contributed by atoms with Crippen molar-refractivity contribution in [2.45, 2.75) is 6.92 Å². The number of fused-ring (bicyclic) bond motifs is 1. The molecule has 1 aromatic carbocycles. The minimum Gasteiger partial charge on any atom is -0.322 e. The Morgan fingerprint density at radius 3 is 2.72 bits per heavy atom. The molecular formula is C24H17N5O2S. The molecule has 8 heteroatoms. The van der Waals surface area contributed by atoms with Gasteiger partial charge < -0.3 is 5.32 Å². The number of nitrogens with one attached hydrogen (secondary N) is 1. The maximum absolute atomic E-state index is 12.9. The number of benzene rings is 1. The van der Waals surface area contributed by atoms with Crippen LogP contribution in [0.15, 0.2) is 78.7 Å². The minimum atomic E-state index is -0.241. The Bertz CT molecular complexity index is 1440. The van der Waals surface area contributed by atoms with E-state index in [1.54, 1.807) is 41.3 Å². The zero-order valence-corrected chi connectivity index (χ0v) is 17.8. The van der Waals surface area contributed by atoms with Gasteiger partial charge in [-0.1, -0.05) is 18.2 Å². The first-order valence-corrected chi connectivity index (χ1v) is 10.7. The lowest BCUT2D eigenvalue weighted by atomic mass is 10.1. The number of pyridine rings is 1. The third-order valence-electron chi connectivity index (χ3n) is 5.02. The third-order valence-corrected chi connectivity index (χ3v) is 5.89. The van der Waals surface area contributed by atoms with Crippen LogP contribution < -0.4 is 5.32 Å². The number of thiophene rings is 1. The Hall–Kier alpha value is -4.17. The zero-order chi connectivity index (χ0) is 22.1. The van der Waals surface area contributed by atoms with E-state index >= 15 is 0 Å². The average Bonchev–Trinajstić information content (AvgIpc) is 3.50. The Kier molecular flexibility index (Phi) is 5.04. The number of aromatic nitrogens is 4. The molecule has 4 aromatic heterocycles. The molecule has 0 fully saturated rings. The average molecular weight is 440 g/mol. The highest BCUT2D eigenvalue weighted by Gasteiger charge is 2.20. The molecule has 5 aromatic rings. The molecule has 0 saturated carbocycles. The van der Waals surface area contributed by atoms with Gasteiger partial charge in [0.05, 0.1) is 27.9 Å². The lowest BCUT2D eigenvalue weighted by Gasteiger charge is -2.11. The number of hydrogen-bond donors (Lipinski definition) is 1. The van der Waals surface area contributed by atoms with Crippen LogP contribution in [0.3, 0.4) is 0 Å². The second kappa shape index (κ2) is 8.16. The van der Waals surface area contributed by atoms with Gasteiger partial charge in [-0.15, -0.1) is 11.3 Å². The molecule has 0 radical (unpaired) electrons. The summed E-state index contributed by atoms with van der Waals surface area (Å²) in [5.41, 5.74) is 4.61. The van der Waals surface area contributed by atoms with E-state index in [2.05, 4.69) is 20.4 Å². The summed E-state index contributed by atoms with van der Waals surface area (Å²) in [4.78, 5) is 34.5. The molecule has 32 heavy (non-hydrogen) atoms. The Morgan fingerprint density at radius 1 is 1.03 bits per heavy atom. The van der Waals surface area contributed by atoms with Crippen molar-refractivity contribution in [3.63, 3.8) is 0 Å². The molecule has 0 bridgehead atoms. The summed E-state index contributed by atoms with van der Waals surface area (Å²) in [5.74, 6) is -0.343. The van der Waals surface area contributed by atoms with Gasteiger partial charge in [0.15, 0.2) is 5.65 Å². The molecule has 7 nitrogen and oxygen atoms in total. The highest BCUT2D eigenvalue weighted by Crippen LogP contribution is 2.28. The Labute approximate surface area is 187 Å². The summed E-state index contributed by atoms with van der Waals surface area (Å²) in [6, 6.07) is 14.6. The molecule has 156 valence electrons. The molecule has 0 aliphatic carbocycles. The van der Waals surface area contributed by atoms with Crippen molar-refractivity contribution in [2.24, 2.45) is 0 Å². The smallest absolute Gasteiger partial charge is 0.257 e. The van der Waals surface area contributed by atoms with E-state index in [9.17, 15) is 9.59 Å². The molecule has 0 atom stereocenters. The van der Waals surface area contributed by atoms with Crippen molar-refractivity contribution in [1.29, 1.82) is 0 Å². The van der Waals surface area contributed by atoms with E-state index in [1.165, 1.54) is 17.5 Å². The number of hydrogen-bond acceptors (Lipinski definition) is 6. The third kappa shape index (κ3) is 3.57. The van der Waals surface area contributed by atoms with E-state index in [0.29, 0.717) is 27.3 Å². The molecule has 4 heterocycles. The molecule has 0 unspecified atom stereocenters. The van der Waals surface area contributed by atoms with Gasteiger partial charge in [-0.2, -0.15) is 5.10 Å². The molecule has 0 aliphatic rings. The largest absolute Gasteiger partial charge is 0.322 e. The highest BCUT2D eigenvalue weighted by molar-refractivity contribution is 7.12. The first kappa shape index (κ1) is 19.8. The summed E-state index contributed by atoms with van der Waals surface area (Å²) >= 11 is 1.39. The highest BCUT2D eigenvalue weighted by atomic mass is 32.1. The van der Waals surface area contributed by atoms with Crippen molar-refractivity contribution in [3.8, 4) is 11.3 Å². The quantitative estimate of drug-likeness (QED) is 0.403. The second-order valence-electron chi connectivity index (χ2n) is 7.17. The fourth-order valence-corrected chi connectivity index (χ4v) is 4.19. The summed E-state index contributed by atoms with van der Waals surface area (Å²) in [6.07, 6.45) is 6.43. The molecule has 5 rings (SSSR count). The summed E-state index contributed by atoms with van der Waals surface area (Å²) in [5, 5.41) is 9.24. The SMILES string of the molecule is Cc1cnc2c(C(=O)c3cccs3)cnn2c1-c1cccc(NC(=O)c2cccnc2)c1. The van der Waals surface area contributed by atoms with E-state index in [4.69, 9.17) is 0 Å². The van der Waals surface area contributed by atoms with Gasteiger partial charge in [-0.05, 0) is 48.2 Å². The summed E-state index contributed by atoms with van der Waals surface area (Å²) in [6.45, 7) is 1.94. The van der Waals surface area contributed by atoms with Gasteiger partial charge >= 0.3 is 0 Å². The Morgan fingerprint density at radius 2 is 1.94 bits per heavy atom. The zero-order valence-electron chi connectivity index (χ0n) is 17.0. The van der Waals surface area contributed by atoms with Crippen LogP contribution in [0.2, 0.25) is 0 Å². The van der Waals surface area contributed by atoms with Crippen molar-refractivity contribution in [3.05, 3.63) is 100 Å². The standard InChI is InChI=1S/C24H17N5O2S/c1-15-12-26-23-19(22(30)20-8-4-10-32-20)14-27-29(23)21(15)16-5-2-7-18(11-16)28-24(31)17-6-3-9-25-13-17/h2-14H,1H3,(H,28,31). The van der Waals surface area contributed by atoms with Crippen molar-refractivity contribution in [2.75, 3.05) is 5.32 Å². The normalized spacial score (nSPS) is 10.9. The van der Waals surface area contributed by atoms with Crippen LogP contribution in [-0.4, -0.2) is 31.3 Å². The first-order valence-electron chi connectivity index (χ1n) is 9.85. The van der Waals surface area contributed by atoms with Gasteiger partial charge in [-0.3, -0.25) is 14.6 Å². The Balaban J connectivity index is 1.54. The van der Waals surface area contributed by atoms with Gasteiger partial charge in [0, 0.05) is 29.8 Å². The van der Waals surface area contributed by atoms with Gasteiger partial charge in [-0.25, -0.2) is 9.50 Å². The number of anilines is 1. The van der Waals surface area contributed by atoms with E-state index in [0.717, 1.165) is 16.8 Å². The molecular weight excluding hydrogens is 422 g/mol. The molecule has 0 spiro atoms. The predicted octanol–water partition coefficient (Wildman–Crippen LogP) is 4.64. The molecule has 0 aliphatic heterocycles. The first-order chi connectivity index (χ1) is 15.6. The van der Waals surface area contributed by atoms with E-state index in [1.807, 2.05) is 42.6 Å². The van der Waals surface area contributed by atoms with Crippen molar-refractivity contribution < 1.29 is 9.59 Å². The summed E-state index contributed by atoms with van der Waals surface area (Å²) in [7, 11) is 0. The van der Waals surface area contributed by atoms with Gasteiger partial charge in [0.25, 0.3) is 5.91 Å². The van der Waals surface area contributed by atoms with Crippen LogP contribution in [0.4, 0.5) is 5.69 Å². The lowest BCUT2D eigenvalue weighted by molar-refractivity contribution is 0.102. The van der Waals surface area contributed by atoms with Crippen LogP contribution in [0, 0.1) is 6.92 Å². The van der Waals surface area contributed by atoms with Crippen LogP contribution in [-0.2, 0) is 0 Å². The number of rotatable bonds is 5. The predicted molar refractivity (Wildman–Crippen MR) is 123 cm³/mol. The van der Waals surface area contributed by atoms with Gasteiger partial charge in [0.2, 0.25) is 5.78 Å². The van der Waals surface area contributed by atoms with E-state index in [-0.39, 0.29) is 11.7 Å². The number of aryl methyl sites for hydroxylation is 1. The lowest BCUT2D eigenvalue weighted by Crippen LogP contribution is -2.12. The number of amides is 1. The monoisotopic (exact) mass is 439 g/mol. The minimum absolute atomic E-state index is 0.102. The maximum atomic E-state index is 12.9. The molecule has 0 saturated heterocycles. The topological polar surface area (TPSA) is 89.3 Å². The fraction of sp³-hybridized carbons (Fsp3) is 0.0417.